The number of nitrogens with zero attached hydrogens (tertiary/aromatic N) is 4. The number of rotatable bonds is 3. The maximum atomic E-state index is 9.80. The van der Waals surface area contributed by atoms with Gasteiger partial charge in [-0.1, -0.05) is 36.4 Å². The molecule has 1 aliphatic heterocycles. The van der Waals surface area contributed by atoms with Crippen molar-refractivity contribution in [2.24, 2.45) is 0 Å². The fourth-order valence-electron chi connectivity index (χ4n) is 3.67. The van der Waals surface area contributed by atoms with Gasteiger partial charge in [0.05, 0.1) is 22.7 Å². The number of hydrogen-bond acceptors (Lipinski definition) is 3. The lowest BCUT2D eigenvalue weighted by atomic mass is 9.74. The fourth-order valence-corrected chi connectivity index (χ4v) is 3.67. The number of piperidine rings is 1. The lowest BCUT2D eigenvalue weighted by molar-refractivity contribution is 0.176. The standard InChI is InChI=1S/C20H20N4/c21-16-20(17-5-2-1-3-6-17)10-13-23(14-11-20)15-19-8-4-7-18-9-12-22-24(18)19/h1-9,12H,10-11,13-15H2. The molecule has 0 bridgehead atoms. The summed E-state index contributed by atoms with van der Waals surface area (Å²) < 4.78 is 2.00. The summed E-state index contributed by atoms with van der Waals surface area (Å²) in [7, 11) is 0. The van der Waals surface area contributed by atoms with E-state index in [1.165, 1.54) is 5.69 Å². The zero-order valence-electron chi connectivity index (χ0n) is 13.6. The first kappa shape index (κ1) is 14.9. The van der Waals surface area contributed by atoms with Crippen molar-refractivity contribution < 1.29 is 0 Å². The molecule has 0 unspecified atom stereocenters. The molecule has 0 atom stereocenters. The van der Waals surface area contributed by atoms with E-state index in [9.17, 15) is 5.26 Å². The SMILES string of the molecule is N#CC1(c2ccccc2)CCN(Cc2cccc3ccnn23)CC1. The van der Waals surface area contributed by atoms with E-state index in [2.05, 4.69) is 46.4 Å². The van der Waals surface area contributed by atoms with Gasteiger partial charge in [-0.2, -0.15) is 10.4 Å². The number of hydrogen-bond donors (Lipinski definition) is 0. The molecule has 0 saturated carbocycles. The van der Waals surface area contributed by atoms with Gasteiger partial charge in [-0.25, -0.2) is 4.52 Å². The molecule has 3 aromatic rings. The highest BCUT2D eigenvalue weighted by Crippen LogP contribution is 2.35. The van der Waals surface area contributed by atoms with E-state index >= 15 is 0 Å². The molecule has 0 radical (unpaired) electrons. The monoisotopic (exact) mass is 316 g/mol. The van der Waals surface area contributed by atoms with Crippen LogP contribution in [0, 0.1) is 11.3 Å². The van der Waals surface area contributed by atoms with Crippen LogP contribution in [-0.4, -0.2) is 27.6 Å². The quantitative estimate of drug-likeness (QED) is 0.744. The van der Waals surface area contributed by atoms with E-state index in [1.54, 1.807) is 0 Å². The summed E-state index contributed by atoms with van der Waals surface area (Å²) in [6.07, 6.45) is 3.59. The minimum Gasteiger partial charge on any atom is -0.297 e. The highest BCUT2D eigenvalue weighted by atomic mass is 15.2. The van der Waals surface area contributed by atoms with Gasteiger partial charge < -0.3 is 0 Å². The van der Waals surface area contributed by atoms with Crippen LogP contribution in [0.2, 0.25) is 0 Å². The number of pyridine rings is 1. The van der Waals surface area contributed by atoms with Gasteiger partial charge >= 0.3 is 0 Å². The molecule has 1 saturated heterocycles. The number of benzene rings is 1. The van der Waals surface area contributed by atoms with Crippen molar-refractivity contribution in [3.05, 3.63) is 72.1 Å². The molecule has 2 aromatic heterocycles. The molecule has 1 fully saturated rings. The predicted molar refractivity (Wildman–Crippen MR) is 93.4 cm³/mol. The van der Waals surface area contributed by atoms with Crippen LogP contribution in [-0.2, 0) is 12.0 Å². The Bertz CT molecular complexity index is 867. The maximum Gasteiger partial charge on any atom is 0.0846 e. The summed E-state index contributed by atoms with van der Waals surface area (Å²) in [5.41, 5.74) is 3.14. The van der Waals surface area contributed by atoms with Crippen molar-refractivity contribution in [2.75, 3.05) is 13.1 Å². The molecule has 0 aliphatic carbocycles. The van der Waals surface area contributed by atoms with Crippen LogP contribution in [0.5, 0.6) is 0 Å². The van der Waals surface area contributed by atoms with Crippen LogP contribution >= 0.6 is 0 Å². The fraction of sp³-hybridized carbons (Fsp3) is 0.300. The predicted octanol–water partition coefficient (Wildman–Crippen LogP) is 3.39. The number of fused-ring (bicyclic) bond motifs is 1. The molecule has 120 valence electrons. The molecule has 4 nitrogen and oxygen atoms in total. The summed E-state index contributed by atoms with van der Waals surface area (Å²) in [4.78, 5) is 2.43. The molecular weight excluding hydrogens is 296 g/mol. The van der Waals surface area contributed by atoms with E-state index in [0.29, 0.717) is 0 Å². The van der Waals surface area contributed by atoms with Crippen molar-refractivity contribution in [3.63, 3.8) is 0 Å². The summed E-state index contributed by atoms with van der Waals surface area (Å²) in [5, 5.41) is 14.2. The zero-order chi connectivity index (χ0) is 16.4. The van der Waals surface area contributed by atoms with Gasteiger partial charge in [0.15, 0.2) is 0 Å². The second-order valence-corrected chi connectivity index (χ2v) is 6.52. The van der Waals surface area contributed by atoms with Crippen LogP contribution in [0.3, 0.4) is 0 Å². The normalized spacial score (nSPS) is 17.6. The lowest BCUT2D eigenvalue weighted by Crippen LogP contribution is -2.41. The van der Waals surface area contributed by atoms with Gasteiger partial charge in [0.1, 0.15) is 0 Å². The smallest absolute Gasteiger partial charge is 0.0846 e. The highest BCUT2D eigenvalue weighted by Gasteiger charge is 2.36. The summed E-state index contributed by atoms with van der Waals surface area (Å²) in [6.45, 7) is 2.73. The Hall–Kier alpha value is -2.64. The van der Waals surface area contributed by atoms with Gasteiger partial charge in [-0.15, -0.1) is 0 Å². The number of likely N-dealkylation sites (tertiary alicyclic amines) is 1. The third-order valence-electron chi connectivity index (χ3n) is 5.14. The summed E-state index contributed by atoms with van der Waals surface area (Å²) in [6, 6.07) is 21.1. The topological polar surface area (TPSA) is 44.3 Å². The Morgan fingerprint density at radius 1 is 1.00 bits per heavy atom. The Kier molecular flexibility index (Phi) is 3.79. The van der Waals surface area contributed by atoms with Gasteiger partial charge in [-0.3, -0.25) is 4.90 Å². The first-order valence-electron chi connectivity index (χ1n) is 8.42. The molecule has 4 heteroatoms. The molecule has 0 amide bonds. The number of nitriles is 1. The van der Waals surface area contributed by atoms with Crippen molar-refractivity contribution >= 4 is 5.52 Å². The first-order valence-corrected chi connectivity index (χ1v) is 8.42. The molecule has 3 heterocycles. The Balaban J connectivity index is 1.50. The first-order chi connectivity index (χ1) is 11.8. The highest BCUT2D eigenvalue weighted by molar-refractivity contribution is 5.46. The Morgan fingerprint density at radius 2 is 1.79 bits per heavy atom. The van der Waals surface area contributed by atoms with E-state index < -0.39 is 0 Å². The van der Waals surface area contributed by atoms with Gasteiger partial charge in [0.25, 0.3) is 0 Å². The van der Waals surface area contributed by atoms with Crippen LogP contribution in [0.15, 0.2) is 60.8 Å². The average Bonchev–Trinajstić information content (AvgIpc) is 3.13. The van der Waals surface area contributed by atoms with Crippen molar-refractivity contribution in [1.29, 1.82) is 5.26 Å². The molecular formula is C20H20N4. The Morgan fingerprint density at radius 3 is 2.54 bits per heavy atom. The molecule has 0 N–H and O–H groups in total. The van der Waals surface area contributed by atoms with E-state index in [0.717, 1.165) is 43.6 Å². The second kappa shape index (κ2) is 6.10. The van der Waals surface area contributed by atoms with E-state index in [4.69, 9.17) is 0 Å². The van der Waals surface area contributed by atoms with Gasteiger partial charge in [0, 0.05) is 25.8 Å². The van der Waals surface area contributed by atoms with Crippen LogP contribution in [0.25, 0.3) is 5.52 Å². The van der Waals surface area contributed by atoms with Crippen molar-refractivity contribution in [2.45, 2.75) is 24.8 Å². The van der Waals surface area contributed by atoms with Crippen LogP contribution in [0.1, 0.15) is 24.1 Å². The third kappa shape index (κ3) is 2.57. The number of aromatic nitrogens is 2. The summed E-state index contributed by atoms with van der Waals surface area (Å²) >= 11 is 0. The molecule has 1 aliphatic rings. The third-order valence-corrected chi connectivity index (χ3v) is 5.14. The van der Waals surface area contributed by atoms with Crippen LogP contribution in [0.4, 0.5) is 0 Å². The maximum absolute atomic E-state index is 9.80. The average molecular weight is 316 g/mol. The lowest BCUT2D eigenvalue weighted by Gasteiger charge is -2.37. The zero-order valence-corrected chi connectivity index (χ0v) is 13.6. The largest absolute Gasteiger partial charge is 0.297 e. The molecule has 4 rings (SSSR count). The van der Waals surface area contributed by atoms with Crippen LogP contribution < -0.4 is 0 Å². The Labute approximate surface area is 141 Å². The van der Waals surface area contributed by atoms with Gasteiger partial charge in [0.2, 0.25) is 0 Å². The van der Waals surface area contributed by atoms with Crippen molar-refractivity contribution in [3.8, 4) is 6.07 Å². The van der Waals surface area contributed by atoms with E-state index in [-0.39, 0.29) is 5.41 Å². The minimum atomic E-state index is -0.338. The molecule has 1 aromatic carbocycles. The minimum absolute atomic E-state index is 0.338. The summed E-state index contributed by atoms with van der Waals surface area (Å²) in [5.74, 6) is 0. The van der Waals surface area contributed by atoms with E-state index in [1.807, 2.05) is 35.0 Å². The van der Waals surface area contributed by atoms with Gasteiger partial charge in [-0.05, 0) is 36.6 Å². The van der Waals surface area contributed by atoms with Crippen molar-refractivity contribution in [1.82, 2.24) is 14.5 Å². The second-order valence-electron chi connectivity index (χ2n) is 6.52. The molecule has 24 heavy (non-hydrogen) atoms. The molecule has 0 spiro atoms.